The Labute approximate surface area is 191 Å². The van der Waals surface area contributed by atoms with Crippen molar-refractivity contribution in [2.45, 2.75) is 12.6 Å². The molecule has 3 heterocycles. The molecule has 31 heavy (non-hydrogen) atoms. The Morgan fingerprint density at radius 1 is 1.06 bits per heavy atom. The molecule has 6 nitrogen and oxygen atoms in total. The monoisotopic (exact) mass is 499 g/mol. The number of aromatic nitrogens is 3. The van der Waals surface area contributed by atoms with Crippen LogP contribution in [-0.4, -0.2) is 20.3 Å². The smallest absolute Gasteiger partial charge is 0.331 e. The van der Waals surface area contributed by atoms with Crippen LogP contribution in [0.1, 0.15) is 17.4 Å². The SMILES string of the molecule is Cn1c(=O)c2c(-c3cccc(Br)c3)n3c(c2n(C)c1=O)[C@H](c1ccc(Cl)cc1)OCC3. The summed E-state index contributed by atoms with van der Waals surface area (Å²) in [4.78, 5) is 26.2. The van der Waals surface area contributed by atoms with Crippen molar-refractivity contribution in [3.05, 3.63) is 90.1 Å². The van der Waals surface area contributed by atoms with Gasteiger partial charge in [0.25, 0.3) is 5.56 Å². The van der Waals surface area contributed by atoms with E-state index in [0.717, 1.165) is 31.6 Å². The largest absolute Gasteiger partial charge is 0.365 e. The molecule has 1 aliphatic rings. The maximum absolute atomic E-state index is 13.4. The lowest BCUT2D eigenvalue weighted by Crippen LogP contribution is -2.37. The number of aryl methyl sites for hydroxylation is 1. The summed E-state index contributed by atoms with van der Waals surface area (Å²) in [5.74, 6) is 0. The molecular weight excluding hydrogens is 482 g/mol. The highest BCUT2D eigenvalue weighted by Gasteiger charge is 2.33. The Morgan fingerprint density at radius 2 is 1.81 bits per heavy atom. The van der Waals surface area contributed by atoms with E-state index in [1.165, 1.54) is 7.05 Å². The van der Waals surface area contributed by atoms with Gasteiger partial charge in [-0.05, 0) is 29.8 Å². The standard InChI is InChI=1S/C23H19BrClN3O3/c1-26-19-17(22(29)27(2)23(26)30)18(14-4-3-5-15(24)12-14)28-10-11-31-21(20(19)28)13-6-8-16(25)9-7-13/h3-9,12,21H,10-11H2,1-2H3/t21-/m0/s1. The van der Waals surface area contributed by atoms with Crippen molar-refractivity contribution in [1.82, 2.24) is 13.7 Å². The first kappa shape index (κ1) is 20.3. The van der Waals surface area contributed by atoms with Crippen molar-refractivity contribution >= 4 is 38.4 Å². The Hall–Kier alpha value is -2.61. The third-order valence-electron chi connectivity index (χ3n) is 5.82. The molecule has 0 aliphatic carbocycles. The van der Waals surface area contributed by atoms with Gasteiger partial charge in [0, 0.05) is 35.7 Å². The molecule has 4 aromatic rings. The summed E-state index contributed by atoms with van der Waals surface area (Å²) in [5, 5.41) is 1.15. The van der Waals surface area contributed by atoms with Gasteiger partial charge in [0.05, 0.1) is 28.9 Å². The van der Waals surface area contributed by atoms with Crippen molar-refractivity contribution in [3.8, 4) is 11.3 Å². The van der Waals surface area contributed by atoms with Crippen molar-refractivity contribution < 1.29 is 4.74 Å². The Bertz CT molecular complexity index is 1450. The minimum atomic E-state index is -0.424. The summed E-state index contributed by atoms with van der Waals surface area (Å²) in [7, 11) is 3.21. The van der Waals surface area contributed by atoms with E-state index in [1.54, 1.807) is 11.6 Å². The van der Waals surface area contributed by atoms with Gasteiger partial charge < -0.3 is 9.30 Å². The topological polar surface area (TPSA) is 58.2 Å². The quantitative estimate of drug-likeness (QED) is 0.414. The molecule has 0 spiro atoms. The summed E-state index contributed by atoms with van der Waals surface area (Å²) < 4.78 is 11.9. The lowest BCUT2D eigenvalue weighted by atomic mass is 10.0. The highest BCUT2D eigenvalue weighted by Crippen LogP contribution is 2.41. The predicted octanol–water partition coefficient (Wildman–Crippen LogP) is 4.24. The third-order valence-corrected chi connectivity index (χ3v) is 6.57. The molecule has 2 aromatic carbocycles. The van der Waals surface area contributed by atoms with Gasteiger partial charge in [-0.15, -0.1) is 0 Å². The lowest BCUT2D eigenvalue weighted by molar-refractivity contribution is 0.0478. The second kappa shape index (κ2) is 7.51. The molecule has 2 aromatic heterocycles. The fourth-order valence-electron chi connectivity index (χ4n) is 4.41. The van der Waals surface area contributed by atoms with Gasteiger partial charge in [0.15, 0.2) is 0 Å². The summed E-state index contributed by atoms with van der Waals surface area (Å²) in [6.45, 7) is 1.06. The van der Waals surface area contributed by atoms with Crippen molar-refractivity contribution in [2.75, 3.05) is 6.61 Å². The predicted molar refractivity (Wildman–Crippen MR) is 125 cm³/mol. The number of hydrogen-bond acceptors (Lipinski definition) is 3. The van der Waals surface area contributed by atoms with Crippen LogP contribution in [0.4, 0.5) is 0 Å². The Morgan fingerprint density at radius 3 is 2.52 bits per heavy atom. The molecule has 0 fully saturated rings. The molecule has 8 heteroatoms. The zero-order valence-electron chi connectivity index (χ0n) is 16.9. The van der Waals surface area contributed by atoms with Crippen LogP contribution < -0.4 is 11.2 Å². The molecule has 0 saturated carbocycles. The van der Waals surface area contributed by atoms with Crippen LogP contribution in [0.3, 0.4) is 0 Å². The molecule has 0 amide bonds. The molecule has 1 aliphatic heterocycles. The van der Waals surface area contributed by atoms with Gasteiger partial charge in [-0.3, -0.25) is 13.9 Å². The van der Waals surface area contributed by atoms with Crippen LogP contribution in [0.25, 0.3) is 22.2 Å². The van der Waals surface area contributed by atoms with E-state index in [0.29, 0.717) is 29.1 Å². The van der Waals surface area contributed by atoms with Crippen molar-refractivity contribution in [2.24, 2.45) is 14.1 Å². The van der Waals surface area contributed by atoms with Gasteiger partial charge in [0.2, 0.25) is 0 Å². The molecule has 0 saturated heterocycles. The first-order chi connectivity index (χ1) is 14.9. The van der Waals surface area contributed by atoms with Crippen LogP contribution in [0.15, 0.2) is 62.6 Å². The maximum Gasteiger partial charge on any atom is 0.331 e. The van der Waals surface area contributed by atoms with E-state index in [2.05, 4.69) is 20.5 Å². The molecule has 1 atom stereocenters. The molecule has 5 rings (SSSR count). The normalized spacial score (nSPS) is 15.9. The van der Waals surface area contributed by atoms with Crippen molar-refractivity contribution in [3.63, 3.8) is 0 Å². The third kappa shape index (κ3) is 3.11. The number of fused-ring (bicyclic) bond motifs is 3. The van der Waals surface area contributed by atoms with Crippen LogP contribution >= 0.6 is 27.5 Å². The number of halogens is 2. The summed E-state index contributed by atoms with van der Waals surface area (Å²) in [6.07, 6.45) is -0.424. The first-order valence-electron chi connectivity index (χ1n) is 9.83. The summed E-state index contributed by atoms with van der Waals surface area (Å²) >= 11 is 9.63. The average molecular weight is 501 g/mol. The van der Waals surface area contributed by atoms with Gasteiger partial charge in [-0.2, -0.15) is 0 Å². The molecule has 0 unspecified atom stereocenters. The van der Waals surface area contributed by atoms with Gasteiger partial charge in [-0.1, -0.05) is 51.8 Å². The number of rotatable bonds is 2. The van der Waals surface area contributed by atoms with E-state index < -0.39 is 6.10 Å². The van der Waals surface area contributed by atoms with Crippen LogP contribution in [0.2, 0.25) is 5.02 Å². The highest BCUT2D eigenvalue weighted by atomic mass is 79.9. The second-order valence-corrected chi connectivity index (χ2v) is 8.98. The average Bonchev–Trinajstić information content (AvgIpc) is 3.12. The molecular formula is C23H19BrClN3O3. The second-order valence-electron chi connectivity index (χ2n) is 7.63. The highest BCUT2D eigenvalue weighted by molar-refractivity contribution is 9.10. The van der Waals surface area contributed by atoms with Crippen LogP contribution in [0, 0.1) is 0 Å². The fraction of sp³-hybridized carbons (Fsp3) is 0.217. The summed E-state index contributed by atoms with van der Waals surface area (Å²) in [5.41, 5.74) is 3.33. The van der Waals surface area contributed by atoms with E-state index >= 15 is 0 Å². The molecule has 0 radical (unpaired) electrons. The van der Waals surface area contributed by atoms with Crippen LogP contribution in [-0.2, 0) is 25.4 Å². The minimum Gasteiger partial charge on any atom is -0.365 e. The van der Waals surface area contributed by atoms with E-state index in [4.69, 9.17) is 16.3 Å². The maximum atomic E-state index is 13.4. The fourth-order valence-corrected chi connectivity index (χ4v) is 4.93. The zero-order valence-corrected chi connectivity index (χ0v) is 19.3. The molecule has 0 N–H and O–H groups in total. The number of hydrogen-bond donors (Lipinski definition) is 0. The molecule has 0 bridgehead atoms. The minimum absolute atomic E-state index is 0.315. The molecule has 158 valence electrons. The Kier molecular flexibility index (Phi) is 4.92. The summed E-state index contributed by atoms with van der Waals surface area (Å²) in [6, 6.07) is 15.3. The van der Waals surface area contributed by atoms with Gasteiger partial charge >= 0.3 is 5.69 Å². The zero-order chi connectivity index (χ0) is 21.9. The number of nitrogens with zero attached hydrogens (tertiary/aromatic N) is 3. The van der Waals surface area contributed by atoms with E-state index in [9.17, 15) is 9.59 Å². The van der Waals surface area contributed by atoms with Gasteiger partial charge in [0.1, 0.15) is 6.10 Å². The van der Waals surface area contributed by atoms with Crippen LogP contribution in [0.5, 0.6) is 0 Å². The first-order valence-corrected chi connectivity index (χ1v) is 11.0. The van der Waals surface area contributed by atoms with E-state index in [-0.39, 0.29) is 11.2 Å². The Balaban J connectivity index is 1.94. The lowest BCUT2D eigenvalue weighted by Gasteiger charge is -2.27. The number of benzene rings is 2. The van der Waals surface area contributed by atoms with E-state index in [1.807, 2.05) is 48.5 Å². The van der Waals surface area contributed by atoms with Crippen molar-refractivity contribution in [1.29, 1.82) is 0 Å². The van der Waals surface area contributed by atoms with Gasteiger partial charge in [-0.25, -0.2) is 4.79 Å². The number of ether oxygens (including phenoxy) is 1.